The van der Waals surface area contributed by atoms with Crippen molar-refractivity contribution in [1.82, 2.24) is 10.6 Å². The molecule has 0 bridgehead atoms. The molecule has 122 valence electrons. The molecule has 4 nitrogen and oxygen atoms in total. The first kappa shape index (κ1) is 17.0. The van der Waals surface area contributed by atoms with Gasteiger partial charge in [0.2, 0.25) is 5.91 Å². The minimum absolute atomic E-state index is 0. The van der Waals surface area contributed by atoms with Crippen LogP contribution in [0.1, 0.15) is 17.5 Å². The number of alkyl halides is 2. The van der Waals surface area contributed by atoms with E-state index in [1.165, 1.54) is 5.56 Å². The number of hydrogen-bond donors (Lipinski definition) is 2. The second-order valence-corrected chi connectivity index (χ2v) is 5.58. The number of benzene rings is 1. The standard InChI is InChI=1S/C15H18F2N2O2.ClH/c16-15(17)8-12(19-9-15)14(20)18-5-3-10-1-2-13-11(7-10)4-6-21-13;/h1-2,7,12,19H,3-6,8-9H2,(H,18,20);1H. The van der Waals surface area contributed by atoms with Crippen molar-refractivity contribution < 1.29 is 18.3 Å². The molecule has 2 aliphatic rings. The van der Waals surface area contributed by atoms with E-state index in [2.05, 4.69) is 16.7 Å². The van der Waals surface area contributed by atoms with Crippen molar-refractivity contribution in [3.8, 4) is 5.75 Å². The predicted octanol–water partition coefficient (Wildman–Crippen LogP) is 1.70. The van der Waals surface area contributed by atoms with E-state index < -0.39 is 24.9 Å². The van der Waals surface area contributed by atoms with Crippen LogP contribution in [-0.4, -0.2) is 37.6 Å². The molecule has 1 aromatic carbocycles. The Kier molecular flexibility index (Phi) is 5.24. The fourth-order valence-corrected chi connectivity index (χ4v) is 2.75. The van der Waals surface area contributed by atoms with Crippen LogP contribution in [0.25, 0.3) is 0 Å². The lowest BCUT2D eigenvalue weighted by molar-refractivity contribution is -0.123. The third-order valence-electron chi connectivity index (χ3n) is 3.89. The minimum atomic E-state index is -2.78. The van der Waals surface area contributed by atoms with Gasteiger partial charge in [-0.05, 0) is 23.6 Å². The number of carbonyl (C=O) groups is 1. The molecule has 1 fully saturated rings. The van der Waals surface area contributed by atoms with Crippen LogP contribution in [0.5, 0.6) is 5.75 Å². The Hall–Kier alpha value is -1.40. The van der Waals surface area contributed by atoms with Crippen molar-refractivity contribution in [3.05, 3.63) is 29.3 Å². The molecule has 1 saturated heterocycles. The van der Waals surface area contributed by atoms with Gasteiger partial charge in [-0.25, -0.2) is 8.78 Å². The number of nitrogens with one attached hydrogen (secondary N) is 2. The zero-order valence-electron chi connectivity index (χ0n) is 12.0. The number of halogens is 3. The Morgan fingerprint density at radius 2 is 2.27 bits per heavy atom. The fourth-order valence-electron chi connectivity index (χ4n) is 2.75. The van der Waals surface area contributed by atoms with E-state index in [0.29, 0.717) is 13.0 Å². The highest BCUT2D eigenvalue weighted by molar-refractivity contribution is 5.85. The van der Waals surface area contributed by atoms with E-state index in [-0.39, 0.29) is 18.3 Å². The fraction of sp³-hybridized carbons (Fsp3) is 0.533. The number of carbonyl (C=O) groups excluding carboxylic acids is 1. The molecule has 1 aromatic rings. The predicted molar refractivity (Wildman–Crippen MR) is 81.0 cm³/mol. The van der Waals surface area contributed by atoms with Crippen LogP contribution >= 0.6 is 12.4 Å². The lowest BCUT2D eigenvalue weighted by Gasteiger charge is -2.11. The largest absolute Gasteiger partial charge is 0.493 e. The first-order chi connectivity index (χ1) is 10.0. The van der Waals surface area contributed by atoms with Gasteiger partial charge in [0.1, 0.15) is 5.75 Å². The van der Waals surface area contributed by atoms with Crippen molar-refractivity contribution >= 4 is 18.3 Å². The van der Waals surface area contributed by atoms with Gasteiger partial charge in [-0.3, -0.25) is 10.1 Å². The average molecular weight is 333 g/mol. The number of rotatable bonds is 4. The summed E-state index contributed by atoms with van der Waals surface area (Å²) in [5.41, 5.74) is 2.31. The van der Waals surface area contributed by atoms with Gasteiger partial charge in [-0.1, -0.05) is 12.1 Å². The van der Waals surface area contributed by atoms with Crippen LogP contribution in [0.3, 0.4) is 0 Å². The van der Waals surface area contributed by atoms with Crippen LogP contribution in [0.4, 0.5) is 8.78 Å². The topological polar surface area (TPSA) is 50.4 Å². The number of ether oxygens (including phenoxy) is 1. The van der Waals surface area contributed by atoms with E-state index in [4.69, 9.17) is 4.74 Å². The highest BCUT2D eigenvalue weighted by Crippen LogP contribution is 2.26. The normalized spacial score (nSPS) is 21.6. The third kappa shape index (κ3) is 3.87. The molecule has 0 aromatic heterocycles. The van der Waals surface area contributed by atoms with Crippen LogP contribution in [-0.2, 0) is 17.6 Å². The summed E-state index contributed by atoms with van der Waals surface area (Å²) in [5, 5.41) is 5.26. The lowest BCUT2D eigenvalue weighted by Crippen LogP contribution is -2.41. The summed E-state index contributed by atoms with van der Waals surface area (Å²) in [4.78, 5) is 11.8. The summed E-state index contributed by atoms with van der Waals surface area (Å²) in [6.45, 7) is 0.745. The molecular weight excluding hydrogens is 314 g/mol. The molecule has 0 spiro atoms. The number of amides is 1. The third-order valence-corrected chi connectivity index (χ3v) is 3.89. The van der Waals surface area contributed by atoms with Crippen LogP contribution in [0, 0.1) is 0 Å². The molecule has 1 amide bonds. The summed E-state index contributed by atoms with van der Waals surface area (Å²) in [6, 6.07) is 5.21. The van der Waals surface area contributed by atoms with E-state index in [1.807, 2.05) is 12.1 Å². The smallest absolute Gasteiger partial charge is 0.262 e. The van der Waals surface area contributed by atoms with Crippen LogP contribution in [0.2, 0.25) is 0 Å². The molecule has 0 saturated carbocycles. The van der Waals surface area contributed by atoms with Crippen molar-refractivity contribution in [3.63, 3.8) is 0 Å². The first-order valence-corrected chi connectivity index (χ1v) is 7.17. The van der Waals surface area contributed by atoms with Gasteiger partial charge in [-0.2, -0.15) is 0 Å². The van der Waals surface area contributed by atoms with Gasteiger partial charge in [0.15, 0.2) is 0 Å². The maximum Gasteiger partial charge on any atom is 0.262 e. The molecule has 2 N–H and O–H groups in total. The van der Waals surface area contributed by atoms with Gasteiger partial charge in [0, 0.05) is 19.4 Å². The SMILES string of the molecule is Cl.O=C(NCCc1ccc2c(c1)CCO2)C1CC(F)(F)CN1. The van der Waals surface area contributed by atoms with Gasteiger partial charge in [0.25, 0.3) is 5.92 Å². The van der Waals surface area contributed by atoms with Crippen molar-refractivity contribution in [2.24, 2.45) is 0 Å². The van der Waals surface area contributed by atoms with Crippen LogP contribution in [0.15, 0.2) is 18.2 Å². The quantitative estimate of drug-likeness (QED) is 0.882. The summed E-state index contributed by atoms with van der Waals surface area (Å²) in [6.07, 6.45) is 1.17. The zero-order chi connectivity index (χ0) is 14.9. The Morgan fingerprint density at radius 3 is 3.00 bits per heavy atom. The van der Waals surface area contributed by atoms with Gasteiger partial charge in [0.05, 0.1) is 19.2 Å². The molecular formula is C15H19ClF2N2O2. The molecule has 2 aliphatic heterocycles. The second kappa shape index (κ2) is 6.79. The Bertz CT molecular complexity index is 554. The Labute approximate surface area is 134 Å². The van der Waals surface area contributed by atoms with E-state index in [9.17, 15) is 13.6 Å². The maximum absolute atomic E-state index is 13.0. The van der Waals surface area contributed by atoms with Crippen LogP contribution < -0.4 is 15.4 Å². The summed E-state index contributed by atoms with van der Waals surface area (Å²) >= 11 is 0. The van der Waals surface area contributed by atoms with Crippen molar-refractivity contribution in [2.45, 2.75) is 31.2 Å². The average Bonchev–Trinajstić information content (AvgIpc) is 3.04. The zero-order valence-corrected chi connectivity index (χ0v) is 12.8. The van der Waals surface area contributed by atoms with Gasteiger partial charge in [-0.15, -0.1) is 12.4 Å². The molecule has 1 unspecified atom stereocenters. The summed E-state index contributed by atoms with van der Waals surface area (Å²) in [7, 11) is 0. The Balaban J connectivity index is 0.00000176. The van der Waals surface area contributed by atoms with Gasteiger partial charge >= 0.3 is 0 Å². The Morgan fingerprint density at radius 1 is 1.45 bits per heavy atom. The number of fused-ring (bicyclic) bond motifs is 1. The van der Waals surface area contributed by atoms with Gasteiger partial charge < -0.3 is 10.1 Å². The summed E-state index contributed by atoms with van der Waals surface area (Å²) in [5.74, 6) is -2.20. The summed E-state index contributed by atoms with van der Waals surface area (Å²) < 4.78 is 31.5. The molecule has 22 heavy (non-hydrogen) atoms. The van der Waals surface area contributed by atoms with E-state index in [0.717, 1.165) is 24.3 Å². The monoisotopic (exact) mass is 332 g/mol. The highest BCUT2D eigenvalue weighted by atomic mass is 35.5. The highest BCUT2D eigenvalue weighted by Gasteiger charge is 2.42. The first-order valence-electron chi connectivity index (χ1n) is 7.17. The van der Waals surface area contributed by atoms with Crippen molar-refractivity contribution in [2.75, 3.05) is 19.7 Å². The maximum atomic E-state index is 13.0. The molecule has 2 heterocycles. The lowest BCUT2D eigenvalue weighted by atomic mass is 10.1. The molecule has 7 heteroatoms. The number of hydrogen-bond acceptors (Lipinski definition) is 3. The molecule has 3 rings (SSSR count). The van der Waals surface area contributed by atoms with E-state index >= 15 is 0 Å². The molecule has 0 aliphatic carbocycles. The molecule has 0 radical (unpaired) electrons. The molecule has 1 atom stereocenters. The van der Waals surface area contributed by atoms with Crippen molar-refractivity contribution in [1.29, 1.82) is 0 Å². The minimum Gasteiger partial charge on any atom is -0.493 e. The second-order valence-electron chi connectivity index (χ2n) is 5.58. The van der Waals surface area contributed by atoms with E-state index in [1.54, 1.807) is 0 Å².